The van der Waals surface area contributed by atoms with Crippen molar-refractivity contribution in [1.82, 2.24) is 15.3 Å². The van der Waals surface area contributed by atoms with E-state index in [4.69, 9.17) is 4.98 Å². The molecular formula is C36H43N3. The van der Waals surface area contributed by atoms with E-state index in [0.29, 0.717) is 5.92 Å². The van der Waals surface area contributed by atoms with Crippen LogP contribution in [0.25, 0.3) is 16.5 Å². The van der Waals surface area contributed by atoms with Crippen molar-refractivity contribution in [3.05, 3.63) is 88.0 Å². The van der Waals surface area contributed by atoms with Gasteiger partial charge in [0.1, 0.15) is 5.82 Å². The molecule has 0 spiro atoms. The highest BCUT2D eigenvalue weighted by molar-refractivity contribution is 5.83. The van der Waals surface area contributed by atoms with E-state index in [2.05, 4.69) is 79.0 Å². The van der Waals surface area contributed by atoms with Crippen LogP contribution >= 0.6 is 0 Å². The van der Waals surface area contributed by atoms with Crippen molar-refractivity contribution in [3.8, 4) is 11.8 Å². The molecule has 2 aliphatic rings. The Kier molecular flexibility index (Phi) is 8.82. The molecule has 202 valence electrons. The quantitative estimate of drug-likeness (QED) is 0.182. The zero-order valence-corrected chi connectivity index (χ0v) is 24.1. The smallest absolute Gasteiger partial charge is 0.126 e. The Balaban J connectivity index is 1.00. The van der Waals surface area contributed by atoms with Crippen LogP contribution in [0.4, 0.5) is 0 Å². The second kappa shape index (κ2) is 12.6. The highest BCUT2D eigenvalue weighted by atomic mass is 14.9. The molecule has 0 aliphatic heterocycles. The van der Waals surface area contributed by atoms with E-state index in [9.17, 15) is 0 Å². The Hall–Kier alpha value is -3.38. The highest BCUT2D eigenvalue weighted by Crippen LogP contribution is 2.46. The van der Waals surface area contributed by atoms with Gasteiger partial charge in [-0.1, -0.05) is 75.3 Å². The molecule has 1 unspecified atom stereocenters. The predicted octanol–water partition coefficient (Wildman–Crippen LogP) is 8.53. The third-order valence-electron chi connectivity index (χ3n) is 8.46. The minimum absolute atomic E-state index is 0.375. The van der Waals surface area contributed by atoms with Crippen LogP contribution in [0.1, 0.15) is 104 Å². The van der Waals surface area contributed by atoms with Gasteiger partial charge in [-0.2, -0.15) is 0 Å². The van der Waals surface area contributed by atoms with Crippen LogP contribution < -0.4 is 5.32 Å². The SMILES string of the molecule is C=C(CC1C2=C(CCC#C2)c2ccccc21)NCCCCCCCCc1cc2nc(C)nc(C)c2cc1CC. The van der Waals surface area contributed by atoms with E-state index in [0.717, 1.165) is 61.4 Å². The van der Waals surface area contributed by atoms with Crippen LogP contribution in [0.5, 0.6) is 0 Å². The lowest BCUT2D eigenvalue weighted by molar-refractivity contribution is 0.576. The molecule has 0 bridgehead atoms. The number of unbranched alkanes of at least 4 members (excludes halogenated alkanes) is 5. The number of allylic oxidation sites excluding steroid dienone is 3. The lowest BCUT2D eigenvalue weighted by Gasteiger charge is -2.17. The molecule has 39 heavy (non-hydrogen) atoms. The third kappa shape index (κ3) is 6.27. The first-order valence-corrected chi connectivity index (χ1v) is 15.0. The van der Waals surface area contributed by atoms with Gasteiger partial charge in [0.2, 0.25) is 0 Å². The molecular weight excluding hydrogens is 474 g/mol. The summed E-state index contributed by atoms with van der Waals surface area (Å²) >= 11 is 0. The van der Waals surface area contributed by atoms with E-state index < -0.39 is 0 Å². The Morgan fingerprint density at radius 2 is 1.79 bits per heavy atom. The summed E-state index contributed by atoms with van der Waals surface area (Å²) in [5.41, 5.74) is 11.9. The summed E-state index contributed by atoms with van der Waals surface area (Å²) in [6.45, 7) is 11.7. The number of benzene rings is 2. The van der Waals surface area contributed by atoms with Crippen molar-refractivity contribution in [2.45, 2.75) is 97.3 Å². The van der Waals surface area contributed by atoms with Gasteiger partial charge >= 0.3 is 0 Å². The average Bonchev–Trinajstić information content (AvgIpc) is 3.25. The molecule has 0 amide bonds. The number of nitrogens with one attached hydrogen (secondary N) is 1. The van der Waals surface area contributed by atoms with Crippen molar-refractivity contribution in [1.29, 1.82) is 0 Å². The summed E-state index contributed by atoms with van der Waals surface area (Å²) in [6, 6.07) is 13.5. The van der Waals surface area contributed by atoms with Gasteiger partial charge in [-0.3, -0.25) is 0 Å². The molecule has 5 rings (SSSR count). The zero-order valence-electron chi connectivity index (χ0n) is 24.1. The molecule has 1 N–H and O–H groups in total. The first kappa shape index (κ1) is 27.2. The fraction of sp³-hybridized carbons (Fsp3) is 0.444. The van der Waals surface area contributed by atoms with Gasteiger partial charge in [0.25, 0.3) is 0 Å². The molecule has 3 nitrogen and oxygen atoms in total. The zero-order chi connectivity index (χ0) is 27.2. The van der Waals surface area contributed by atoms with Gasteiger partial charge in [-0.05, 0) is 92.3 Å². The molecule has 1 heterocycles. The van der Waals surface area contributed by atoms with Crippen LogP contribution in [-0.2, 0) is 12.8 Å². The third-order valence-corrected chi connectivity index (χ3v) is 8.46. The lowest BCUT2D eigenvalue weighted by atomic mass is 9.90. The van der Waals surface area contributed by atoms with Crippen molar-refractivity contribution in [2.75, 3.05) is 6.54 Å². The van der Waals surface area contributed by atoms with Crippen LogP contribution in [0.2, 0.25) is 0 Å². The first-order valence-electron chi connectivity index (χ1n) is 15.0. The minimum atomic E-state index is 0.375. The number of rotatable bonds is 13. The predicted molar refractivity (Wildman–Crippen MR) is 165 cm³/mol. The number of fused-ring (bicyclic) bond motifs is 3. The van der Waals surface area contributed by atoms with Crippen molar-refractivity contribution in [2.24, 2.45) is 0 Å². The largest absolute Gasteiger partial charge is 0.389 e. The van der Waals surface area contributed by atoms with E-state index in [-0.39, 0.29) is 0 Å². The number of aryl methyl sites for hydroxylation is 4. The van der Waals surface area contributed by atoms with Crippen LogP contribution in [-0.4, -0.2) is 16.5 Å². The summed E-state index contributed by atoms with van der Waals surface area (Å²) in [4.78, 5) is 9.25. The van der Waals surface area contributed by atoms with Crippen molar-refractivity contribution in [3.63, 3.8) is 0 Å². The summed E-state index contributed by atoms with van der Waals surface area (Å²) in [7, 11) is 0. The maximum Gasteiger partial charge on any atom is 0.126 e. The Morgan fingerprint density at radius 1 is 1.00 bits per heavy atom. The summed E-state index contributed by atoms with van der Waals surface area (Å²) in [5, 5.41) is 4.82. The van der Waals surface area contributed by atoms with Gasteiger partial charge < -0.3 is 5.32 Å². The Labute approximate surface area is 235 Å². The Morgan fingerprint density at radius 3 is 2.64 bits per heavy atom. The van der Waals surface area contributed by atoms with Crippen LogP contribution in [0.15, 0.2) is 54.2 Å². The molecule has 3 aromatic rings. The summed E-state index contributed by atoms with van der Waals surface area (Å²) in [6.07, 6.45) is 12.9. The van der Waals surface area contributed by atoms with E-state index in [1.54, 1.807) is 0 Å². The van der Waals surface area contributed by atoms with Gasteiger partial charge in [0, 0.05) is 41.2 Å². The fourth-order valence-corrected chi connectivity index (χ4v) is 6.43. The number of nitrogens with zero attached hydrogens (tertiary/aromatic N) is 2. The lowest BCUT2D eigenvalue weighted by Crippen LogP contribution is -2.16. The monoisotopic (exact) mass is 517 g/mol. The summed E-state index contributed by atoms with van der Waals surface area (Å²) < 4.78 is 0. The maximum atomic E-state index is 4.70. The average molecular weight is 518 g/mol. The van der Waals surface area contributed by atoms with Gasteiger partial charge in [-0.25, -0.2) is 9.97 Å². The van der Waals surface area contributed by atoms with E-state index >= 15 is 0 Å². The van der Waals surface area contributed by atoms with Crippen LogP contribution in [0, 0.1) is 25.7 Å². The standard InChI is InChI=1S/C36H43N3/c1-5-28-23-34-26(3)38-27(4)39-36(34)24-29(28)16-10-8-6-7-9-15-21-37-25(2)22-35-32-19-13-11-17-30(32)31-18-12-14-20-33(31)35/h11,13,17,19,23-24,35,37H,2,5-10,12,15-16,18,21-22H2,1,3-4H3. The first-order chi connectivity index (χ1) is 19.0. The summed E-state index contributed by atoms with van der Waals surface area (Å²) in [5.74, 6) is 8.04. The molecule has 2 aromatic carbocycles. The van der Waals surface area contributed by atoms with Crippen LogP contribution in [0.3, 0.4) is 0 Å². The van der Waals surface area contributed by atoms with Gasteiger partial charge in [0.05, 0.1) is 5.52 Å². The van der Waals surface area contributed by atoms with E-state index in [1.165, 1.54) is 77.3 Å². The number of hydrogen-bond donors (Lipinski definition) is 1. The molecule has 3 heteroatoms. The number of aromatic nitrogens is 2. The van der Waals surface area contributed by atoms with Gasteiger partial charge in [-0.15, -0.1) is 0 Å². The minimum Gasteiger partial charge on any atom is -0.389 e. The molecule has 1 aromatic heterocycles. The molecule has 2 aliphatic carbocycles. The fourth-order valence-electron chi connectivity index (χ4n) is 6.43. The molecule has 0 saturated carbocycles. The Bertz CT molecular complexity index is 1450. The topological polar surface area (TPSA) is 37.8 Å². The molecule has 0 radical (unpaired) electrons. The molecule has 0 saturated heterocycles. The van der Waals surface area contributed by atoms with Crippen molar-refractivity contribution >= 4 is 16.5 Å². The number of hydrogen-bond acceptors (Lipinski definition) is 3. The second-order valence-electron chi connectivity index (χ2n) is 11.3. The molecule has 0 fully saturated rings. The van der Waals surface area contributed by atoms with E-state index in [1.807, 2.05) is 6.92 Å². The maximum absolute atomic E-state index is 4.70. The van der Waals surface area contributed by atoms with Crippen molar-refractivity contribution < 1.29 is 0 Å². The molecule has 1 atom stereocenters. The highest BCUT2D eigenvalue weighted by Gasteiger charge is 2.31. The normalized spacial score (nSPS) is 15.6. The second-order valence-corrected chi connectivity index (χ2v) is 11.3. The van der Waals surface area contributed by atoms with Gasteiger partial charge in [0.15, 0.2) is 0 Å².